The van der Waals surface area contributed by atoms with Gasteiger partial charge in [0.1, 0.15) is 34.5 Å². The van der Waals surface area contributed by atoms with Gasteiger partial charge in [0.25, 0.3) is 0 Å². The molecule has 0 aliphatic heterocycles. The van der Waals surface area contributed by atoms with E-state index < -0.39 is 19.0 Å². The second-order valence-electron chi connectivity index (χ2n) is 4.92. The summed E-state index contributed by atoms with van der Waals surface area (Å²) in [6.45, 7) is 0. The highest BCUT2D eigenvalue weighted by molar-refractivity contribution is 7.46. The maximum absolute atomic E-state index is 12.5. The molecule has 0 bridgehead atoms. The highest BCUT2D eigenvalue weighted by Crippen LogP contribution is 2.38. The van der Waals surface area contributed by atoms with Crippen molar-refractivity contribution in [1.29, 1.82) is 0 Å². The van der Waals surface area contributed by atoms with Gasteiger partial charge in [-0.15, -0.1) is 0 Å². The number of benzene rings is 2. The first-order chi connectivity index (χ1) is 11.2. The maximum atomic E-state index is 12.5. The van der Waals surface area contributed by atoms with Crippen LogP contribution in [0.3, 0.4) is 0 Å². The maximum Gasteiger partial charge on any atom is 0.524 e. The van der Waals surface area contributed by atoms with Crippen molar-refractivity contribution in [3.05, 3.63) is 52.9 Å². The summed E-state index contributed by atoms with van der Waals surface area (Å²) in [4.78, 5) is 30.0. The van der Waals surface area contributed by atoms with E-state index in [9.17, 15) is 19.6 Å². The zero-order chi connectivity index (χ0) is 17.5. The number of fused-ring (bicyclic) bond motifs is 1. The first-order valence-corrected chi connectivity index (χ1v) is 8.11. The Balaban J connectivity index is 2.08. The fraction of sp³-hybridized carbons (Fsp3) is 0. The molecule has 24 heavy (non-hydrogen) atoms. The van der Waals surface area contributed by atoms with E-state index in [-0.39, 0.29) is 28.0 Å². The molecule has 0 unspecified atom stereocenters. The van der Waals surface area contributed by atoms with Crippen LogP contribution >= 0.6 is 7.82 Å². The van der Waals surface area contributed by atoms with Crippen LogP contribution in [0.25, 0.3) is 22.1 Å². The van der Waals surface area contributed by atoms with Crippen molar-refractivity contribution in [2.75, 3.05) is 0 Å². The van der Waals surface area contributed by atoms with Crippen molar-refractivity contribution in [2.45, 2.75) is 0 Å². The quantitative estimate of drug-likeness (QED) is 0.528. The normalized spacial score (nSPS) is 11.6. The van der Waals surface area contributed by atoms with Gasteiger partial charge >= 0.3 is 7.82 Å². The molecule has 0 spiro atoms. The molecule has 2 aromatic carbocycles. The number of phenols is 2. The minimum absolute atomic E-state index is 0.0303. The van der Waals surface area contributed by atoms with Crippen LogP contribution in [0.15, 0.2) is 51.9 Å². The molecule has 0 aliphatic rings. The molecular weight excluding hydrogens is 339 g/mol. The molecule has 3 aromatic rings. The molecule has 3 rings (SSSR count). The van der Waals surface area contributed by atoms with E-state index >= 15 is 0 Å². The summed E-state index contributed by atoms with van der Waals surface area (Å²) in [5, 5.41) is 19.2. The van der Waals surface area contributed by atoms with Crippen LogP contribution in [0.5, 0.6) is 17.2 Å². The van der Waals surface area contributed by atoms with Crippen LogP contribution in [0, 0.1) is 0 Å². The van der Waals surface area contributed by atoms with Gasteiger partial charge in [-0.25, -0.2) is 4.57 Å². The van der Waals surface area contributed by atoms with E-state index in [0.29, 0.717) is 5.56 Å². The van der Waals surface area contributed by atoms with Crippen molar-refractivity contribution in [1.82, 2.24) is 0 Å². The topological polar surface area (TPSA) is 137 Å². The predicted octanol–water partition coefficient (Wildman–Crippen LogP) is 2.34. The lowest BCUT2D eigenvalue weighted by molar-refractivity contribution is 0.283. The Labute approximate surface area is 134 Å². The zero-order valence-corrected chi connectivity index (χ0v) is 12.8. The van der Waals surface area contributed by atoms with E-state index in [2.05, 4.69) is 4.52 Å². The summed E-state index contributed by atoms with van der Waals surface area (Å²) in [5.41, 5.74) is 0.0440. The average molecular weight is 350 g/mol. The third-order valence-electron chi connectivity index (χ3n) is 3.23. The second kappa shape index (κ2) is 5.68. The molecule has 8 nitrogen and oxygen atoms in total. The summed E-state index contributed by atoms with van der Waals surface area (Å²) in [6, 6.07) is 7.64. The number of hydrogen-bond acceptors (Lipinski definition) is 6. The smallest absolute Gasteiger partial charge is 0.508 e. The highest BCUT2D eigenvalue weighted by Gasteiger charge is 2.17. The number of rotatable bonds is 3. The van der Waals surface area contributed by atoms with Gasteiger partial charge in [-0.05, 0) is 17.7 Å². The summed E-state index contributed by atoms with van der Waals surface area (Å²) >= 11 is 0. The first-order valence-electron chi connectivity index (χ1n) is 6.58. The minimum Gasteiger partial charge on any atom is -0.508 e. The van der Waals surface area contributed by atoms with Gasteiger partial charge in [0.15, 0.2) is 0 Å². The zero-order valence-electron chi connectivity index (χ0n) is 11.9. The highest BCUT2D eigenvalue weighted by atomic mass is 31.2. The number of hydrogen-bond donors (Lipinski definition) is 4. The van der Waals surface area contributed by atoms with Crippen molar-refractivity contribution in [3.8, 4) is 28.4 Å². The fourth-order valence-electron chi connectivity index (χ4n) is 2.25. The molecule has 4 N–H and O–H groups in total. The molecule has 1 heterocycles. The molecule has 0 radical (unpaired) electrons. The number of aromatic hydroxyl groups is 2. The Morgan fingerprint density at radius 1 is 1.04 bits per heavy atom. The lowest BCUT2D eigenvalue weighted by atomic mass is 10.0. The average Bonchev–Trinajstić information content (AvgIpc) is 2.46. The van der Waals surface area contributed by atoms with Crippen LogP contribution in [0.1, 0.15) is 0 Å². The molecule has 1 aromatic heterocycles. The van der Waals surface area contributed by atoms with Gasteiger partial charge in [0, 0.05) is 12.1 Å². The third-order valence-corrected chi connectivity index (χ3v) is 3.68. The van der Waals surface area contributed by atoms with Crippen LogP contribution in [-0.2, 0) is 4.57 Å². The lowest BCUT2D eigenvalue weighted by Crippen LogP contribution is -2.05. The summed E-state index contributed by atoms with van der Waals surface area (Å²) in [5.74, 6) is -0.720. The van der Waals surface area contributed by atoms with Crippen molar-refractivity contribution in [3.63, 3.8) is 0 Å². The standard InChI is InChI=1S/C15H11O8P/c16-9-5-12(17)14-13(6-9)22-7-11(15(14)18)8-1-3-10(4-2-8)23-24(19,20)21/h1-7,16-17H,(H2,19,20,21). The van der Waals surface area contributed by atoms with Gasteiger partial charge in [-0.2, -0.15) is 0 Å². The van der Waals surface area contributed by atoms with Crippen molar-refractivity contribution in [2.24, 2.45) is 0 Å². The summed E-state index contributed by atoms with van der Waals surface area (Å²) in [7, 11) is -4.67. The SMILES string of the molecule is O=c1c(-c2ccc(OP(=O)(O)O)cc2)coc2cc(O)cc(O)c12. The second-order valence-corrected chi connectivity index (χ2v) is 6.09. The van der Waals surface area contributed by atoms with E-state index in [1.165, 1.54) is 36.6 Å². The monoisotopic (exact) mass is 350 g/mol. The largest absolute Gasteiger partial charge is 0.524 e. The van der Waals surface area contributed by atoms with Crippen molar-refractivity contribution >= 4 is 18.8 Å². The van der Waals surface area contributed by atoms with Gasteiger partial charge in [0.2, 0.25) is 5.43 Å². The minimum atomic E-state index is -4.67. The van der Waals surface area contributed by atoms with E-state index in [1.54, 1.807) is 0 Å². The van der Waals surface area contributed by atoms with Crippen LogP contribution in [0.2, 0.25) is 0 Å². The molecule has 124 valence electrons. The Bertz CT molecular complexity index is 1020. The Kier molecular flexibility index (Phi) is 3.81. The number of phosphoric acid groups is 1. The molecule has 0 aliphatic carbocycles. The van der Waals surface area contributed by atoms with Crippen LogP contribution in [-0.4, -0.2) is 20.0 Å². The summed E-state index contributed by atoms with van der Waals surface area (Å²) < 4.78 is 20.5. The molecule has 0 atom stereocenters. The molecule has 0 saturated heterocycles. The molecule has 0 saturated carbocycles. The predicted molar refractivity (Wildman–Crippen MR) is 83.9 cm³/mol. The first kappa shape index (κ1) is 16.1. The van der Waals surface area contributed by atoms with E-state index in [4.69, 9.17) is 14.2 Å². The van der Waals surface area contributed by atoms with Crippen LogP contribution in [0.4, 0.5) is 0 Å². The Morgan fingerprint density at radius 3 is 2.33 bits per heavy atom. The van der Waals surface area contributed by atoms with Gasteiger partial charge < -0.3 is 19.2 Å². The molecule has 9 heteroatoms. The lowest BCUT2D eigenvalue weighted by Gasteiger charge is -2.08. The molecular formula is C15H11O8P. The van der Waals surface area contributed by atoms with Crippen LogP contribution < -0.4 is 9.95 Å². The van der Waals surface area contributed by atoms with Crippen molar-refractivity contribution < 1.29 is 33.5 Å². The Morgan fingerprint density at radius 2 is 1.71 bits per heavy atom. The van der Waals surface area contributed by atoms with E-state index in [1.807, 2.05) is 0 Å². The molecule has 0 fully saturated rings. The molecule has 0 amide bonds. The summed E-state index contributed by atoms with van der Waals surface area (Å²) in [6.07, 6.45) is 1.17. The fourth-order valence-corrected chi connectivity index (χ4v) is 2.65. The Hall–Kier alpha value is -2.80. The van der Waals surface area contributed by atoms with Gasteiger partial charge in [-0.3, -0.25) is 14.6 Å². The van der Waals surface area contributed by atoms with Gasteiger partial charge in [-0.1, -0.05) is 12.1 Å². The third kappa shape index (κ3) is 3.11. The van der Waals surface area contributed by atoms with E-state index in [0.717, 1.165) is 6.07 Å². The number of phosphoric ester groups is 1. The van der Waals surface area contributed by atoms with Gasteiger partial charge in [0.05, 0.1) is 5.56 Å². The number of phenolic OH excluding ortho intramolecular Hbond substituents is 2.